The summed E-state index contributed by atoms with van der Waals surface area (Å²) < 4.78 is 0. The van der Waals surface area contributed by atoms with Gasteiger partial charge in [-0.05, 0) is 0 Å². The lowest BCUT2D eigenvalue weighted by atomic mass is 10.5. The van der Waals surface area contributed by atoms with Gasteiger partial charge in [-0.15, -0.1) is 0 Å². The number of aliphatic imine (C=N–C) groups is 1. The molecule has 14 heavy (non-hydrogen) atoms. The molecule has 78 valence electrons. The van der Waals surface area contributed by atoms with Crippen molar-refractivity contribution in [3.8, 4) is 0 Å². The lowest BCUT2D eigenvalue weighted by molar-refractivity contribution is 0.156. The van der Waals surface area contributed by atoms with Crippen LogP contribution in [0.15, 0.2) is 10.1 Å². The van der Waals surface area contributed by atoms with Crippen molar-refractivity contribution in [3.05, 3.63) is 0 Å². The van der Waals surface area contributed by atoms with E-state index in [1.807, 2.05) is 6.92 Å². The van der Waals surface area contributed by atoms with Crippen LogP contribution in [0.2, 0.25) is 0 Å². The molecule has 1 rings (SSSR count). The van der Waals surface area contributed by atoms with E-state index in [1.54, 1.807) is 0 Å². The molecule has 0 aromatic rings. The van der Waals surface area contributed by atoms with Gasteiger partial charge in [0, 0.05) is 12.2 Å². The molecule has 0 atom stereocenters. The number of hydrogen-bond donors (Lipinski definition) is 1. The Morgan fingerprint density at radius 2 is 2.64 bits per heavy atom. The molecule has 0 saturated carbocycles. The maximum Gasteiger partial charge on any atom is 0.439 e. The minimum atomic E-state index is -0.662. The van der Waals surface area contributed by atoms with Gasteiger partial charge in [0.25, 0.3) is 0 Å². The molecule has 5 nitrogen and oxygen atoms in total. The maximum absolute atomic E-state index is 11.0. The molecule has 1 heterocycles. The monoisotopic (exact) mass is 235 g/mol. The van der Waals surface area contributed by atoms with Crippen LogP contribution in [0.3, 0.4) is 0 Å². The number of oxime groups is 1. The number of rotatable bonds is 2. The number of nitrogens with zero attached hydrogens (tertiary/aromatic N) is 2. The number of thioether (sulfide) groups is 1. The van der Waals surface area contributed by atoms with Crippen LogP contribution in [0.4, 0.5) is 4.79 Å². The summed E-state index contributed by atoms with van der Waals surface area (Å²) in [7, 11) is 0. The second-order valence-electron chi connectivity index (χ2n) is 2.36. The quantitative estimate of drug-likeness (QED) is 0.451. The highest BCUT2D eigenvalue weighted by Gasteiger charge is 2.11. The number of amides is 1. The normalized spacial score (nSPS) is 16.4. The first-order valence-corrected chi connectivity index (χ1v) is 5.46. The molecule has 7 heteroatoms. The van der Waals surface area contributed by atoms with Crippen molar-refractivity contribution in [2.45, 2.75) is 13.3 Å². The number of hydrogen-bond acceptors (Lipinski definition) is 5. The van der Waals surface area contributed by atoms with Crippen molar-refractivity contribution >= 4 is 39.8 Å². The highest BCUT2D eigenvalue weighted by Crippen LogP contribution is 2.08. The second-order valence-corrected chi connectivity index (χ2v) is 3.88. The van der Waals surface area contributed by atoms with Gasteiger partial charge in [-0.3, -0.25) is 15.1 Å². The number of carbonyl (C=O) groups excluding carboxylic acids is 1. The van der Waals surface area contributed by atoms with Crippen molar-refractivity contribution in [3.63, 3.8) is 0 Å². The minimum Gasteiger partial charge on any atom is -0.297 e. The third-order valence-corrected chi connectivity index (χ3v) is 2.54. The van der Waals surface area contributed by atoms with E-state index in [0.29, 0.717) is 11.6 Å². The van der Waals surface area contributed by atoms with Gasteiger partial charge in [0.2, 0.25) is 0 Å². The van der Waals surface area contributed by atoms with Gasteiger partial charge in [-0.2, -0.15) is 0 Å². The Morgan fingerprint density at radius 3 is 3.21 bits per heavy atom. The predicted molar refractivity (Wildman–Crippen MR) is 58.0 cm³/mol. The second kappa shape index (κ2) is 5.87. The highest BCUT2D eigenvalue weighted by molar-refractivity contribution is 8.14. The van der Waals surface area contributed by atoms with Crippen molar-refractivity contribution in [2.75, 3.05) is 12.3 Å². The van der Waals surface area contributed by atoms with Gasteiger partial charge in [-0.1, -0.05) is 35.4 Å². The van der Waals surface area contributed by atoms with Crippen LogP contribution < -0.4 is 5.32 Å². The average Bonchev–Trinajstić information content (AvgIpc) is 2.66. The number of nitrogens with one attached hydrogen (secondary N) is 1. The number of carbonyl (C=O) groups is 1. The summed E-state index contributed by atoms with van der Waals surface area (Å²) >= 11 is 7.00. The summed E-state index contributed by atoms with van der Waals surface area (Å²) in [5.41, 5.74) is 0. The van der Waals surface area contributed by atoms with E-state index in [0.717, 1.165) is 12.3 Å². The fraction of sp³-hybridized carbons (Fsp3) is 0.571. The van der Waals surface area contributed by atoms with Gasteiger partial charge in [0.1, 0.15) is 5.17 Å². The molecule has 0 saturated heterocycles. The SMILES string of the molecule is CCC(Cl)=NOC(=O)NC1=NCCS1. The van der Waals surface area contributed by atoms with Crippen molar-refractivity contribution in [1.29, 1.82) is 0 Å². The molecule has 0 aliphatic carbocycles. The highest BCUT2D eigenvalue weighted by atomic mass is 35.5. The van der Waals surface area contributed by atoms with Crippen molar-refractivity contribution in [1.82, 2.24) is 5.32 Å². The van der Waals surface area contributed by atoms with E-state index >= 15 is 0 Å². The first-order valence-electron chi connectivity index (χ1n) is 4.10. The summed E-state index contributed by atoms with van der Waals surface area (Å²) in [5.74, 6) is 0.884. The summed E-state index contributed by atoms with van der Waals surface area (Å²) in [6.07, 6.45) is -0.130. The summed E-state index contributed by atoms with van der Waals surface area (Å²) in [6.45, 7) is 2.53. The lowest BCUT2D eigenvalue weighted by Gasteiger charge is -2.00. The molecule has 1 aliphatic heterocycles. The number of halogens is 1. The predicted octanol–water partition coefficient (Wildman–Crippen LogP) is 1.78. The Labute approximate surface area is 90.9 Å². The zero-order chi connectivity index (χ0) is 10.4. The van der Waals surface area contributed by atoms with Gasteiger partial charge in [0.15, 0.2) is 5.17 Å². The first kappa shape index (κ1) is 11.3. The molecule has 0 aromatic carbocycles. The molecule has 0 radical (unpaired) electrons. The van der Waals surface area contributed by atoms with Crippen LogP contribution in [-0.2, 0) is 4.84 Å². The van der Waals surface area contributed by atoms with Crippen LogP contribution in [-0.4, -0.2) is 28.7 Å². The first-order chi connectivity index (χ1) is 6.72. The van der Waals surface area contributed by atoms with Crippen LogP contribution in [0.5, 0.6) is 0 Å². The summed E-state index contributed by atoms with van der Waals surface area (Å²) in [6, 6.07) is 0. The molecule has 1 N–H and O–H groups in total. The summed E-state index contributed by atoms with van der Waals surface area (Å²) in [5, 5.41) is 6.65. The Hall–Kier alpha value is -0.750. The van der Waals surface area contributed by atoms with E-state index in [-0.39, 0.29) is 5.17 Å². The van der Waals surface area contributed by atoms with Gasteiger partial charge in [-0.25, -0.2) is 4.79 Å². The fourth-order valence-corrected chi connectivity index (χ4v) is 1.42. The van der Waals surface area contributed by atoms with Crippen LogP contribution >= 0.6 is 23.4 Å². The minimum absolute atomic E-state index is 0.251. The summed E-state index contributed by atoms with van der Waals surface area (Å²) in [4.78, 5) is 19.5. The van der Waals surface area contributed by atoms with E-state index in [9.17, 15) is 4.79 Å². The molecule has 1 amide bonds. The molecular weight excluding hydrogens is 226 g/mol. The van der Waals surface area contributed by atoms with Gasteiger partial charge < -0.3 is 0 Å². The van der Waals surface area contributed by atoms with E-state index < -0.39 is 6.09 Å². The Morgan fingerprint density at radius 1 is 1.86 bits per heavy atom. The van der Waals surface area contributed by atoms with Gasteiger partial charge in [0.05, 0.1) is 6.54 Å². The fourth-order valence-electron chi connectivity index (χ4n) is 0.676. The standard InChI is InChI=1S/C7H10ClN3O2S/c1-2-5(8)11-13-7(12)10-6-9-3-4-14-6/h2-4H2,1H3,(H,9,10,12). The van der Waals surface area contributed by atoms with E-state index in [1.165, 1.54) is 11.8 Å². The van der Waals surface area contributed by atoms with Crippen molar-refractivity contribution < 1.29 is 9.63 Å². The van der Waals surface area contributed by atoms with E-state index in [2.05, 4.69) is 20.3 Å². The van der Waals surface area contributed by atoms with Crippen LogP contribution in [0.1, 0.15) is 13.3 Å². The Kier molecular flexibility index (Phi) is 4.75. The molecule has 0 fully saturated rings. The average molecular weight is 236 g/mol. The molecule has 0 unspecified atom stereocenters. The largest absolute Gasteiger partial charge is 0.439 e. The molecule has 0 spiro atoms. The third kappa shape index (κ3) is 3.97. The third-order valence-electron chi connectivity index (χ3n) is 1.31. The maximum atomic E-state index is 11.0. The molecule has 0 aromatic heterocycles. The van der Waals surface area contributed by atoms with Gasteiger partial charge >= 0.3 is 6.09 Å². The Balaban J connectivity index is 2.28. The van der Waals surface area contributed by atoms with Crippen LogP contribution in [0, 0.1) is 0 Å². The smallest absolute Gasteiger partial charge is 0.297 e. The molecule has 0 bridgehead atoms. The van der Waals surface area contributed by atoms with Crippen molar-refractivity contribution in [2.24, 2.45) is 10.1 Å². The van der Waals surface area contributed by atoms with E-state index in [4.69, 9.17) is 11.6 Å². The lowest BCUT2D eigenvalue weighted by Crippen LogP contribution is -2.26. The zero-order valence-electron chi connectivity index (χ0n) is 7.62. The van der Waals surface area contributed by atoms with Crippen LogP contribution in [0.25, 0.3) is 0 Å². The Bertz CT molecular complexity index is 280. The number of amidine groups is 1. The zero-order valence-corrected chi connectivity index (χ0v) is 9.19. The molecule has 1 aliphatic rings. The molecular formula is C7H10ClN3O2S. The topological polar surface area (TPSA) is 63.0 Å².